The Morgan fingerprint density at radius 1 is 1.33 bits per heavy atom. The molecule has 3 aromatic rings. The number of pyridine rings is 1. The highest BCUT2D eigenvalue weighted by atomic mass is 79.9. The molecular weight excluding hydrogens is 350 g/mol. The third kappa shape index (κ3) is 3.11. The summed E-state index contributed by atoms with van der Waals surface area (Å²) in [6.45, 7) is 0.491. The quantitative estimate of drug-likeness (QED) is 0.713. The van der Waals surface area contributed by atoms with E-state index in [-0.39, 0.29) is 5.91 Å². The molecule has 1 amide bonds. The monoisotopic (exact) mass is 361 g/mol. The van der Waals surface area contributed by atoms with Crippen molar-refractivity contribution < 1.29 is 4.79 Å². The molecule has 0 bridgehead atoms. The van der Waals surface area contributed by atoms with Crippen LogP contribution in [0.25, 0.3) is 10.2 Å². The first-order valence-corrected chi connectivity index (χ1v) is 7.95. The van der Waals surface area contributed by atoms with Gasteiger partial charge in [0.2, 0.25) is 0 Å². The Morgan fingerprint density at radius 3 is 2.90 bits per heavy atom. The number of para-hydroxylation sites is 1. The summed E-state index contributed by atoms with van der Waals surface area (Å²) < 4.78 is 1.93. The molecule has 6 heteroatoms. The van der Waals surface area contributed by atoms with Crippen molar-refractivity contribution in [2.75, 3.05) is 7.05 Å². The largest absolute Gasteiger partial charge is 0.335 e. The molecule has 1 aromatic carbocycles. The number of hydrogen-bond donors (Lipinski definition) is 0. The van der Waals surface area contributed by atoms with Gasteiger partial charge in [0.05, 0.1) is 22.3 Å². The molecule has 106 valence electrons. The molecule has 21 heavy (non-hydrogen) atoms. The zero-order valence-corrected chi connectivity index (χ0v) is 13.7. The summed E-state index contributed by atoms with van der Waals surface area (Å²) in [5.41, 5.74) is 1.54. The average Bonchev–Trinajstić information content (AvgIpc) is 2.88. The summed E-state index contributed by atoms with van der Waals surface area (Å²) >= 11 is 4.94. The minimum atomic E-state index is -0.0666. The number of carbonyl (C=O) groups is 1. The zero-order chi connectivity index (χ0) is 14.8. The maximum absolute atomic E-state index is 12.4. The average molecular weight is 362 g/mol. The van der Waals surface area contributed by atoms with Gasteiger partial charge in [-0.05, 0) is 34.1 Å². The van der Waals surface area contributed by atoms with E-state index >= 15 is 0 Å². The summed E-state index contributed by atoms with van der Waals surface area (Å²) in [6.07, 6.45) is 3.23. The second-order valence-corrected chi connectivity index (χ2v) is 6.66. The van der Waals surface area contributed by atoms with E-state index in [2.05, 4.69) is 25.9 Å². The van der Waals surface area contributed by atoms with E-state index < -0.39 is 0 Å². The van der Waals surface area contributed by atoms with E-state index in [1.807, 2.05) is 24.3 Å². The molecule has 0 saturated carbocycles. The third-order valence-corrected chi connectivity index (χ3v) is 4.46. The van der Waals surface area contributed by atoms with Crippen LogP contribution in [0.5, 0.6) is 0 Å². The Bertz CT molecular complexity index is 769. The van der Waals surface area contributed by atoms with E-state index in [1.165, 1.54) is 0 Å². The van der Waals surface area contributed by atoms with Crippen LogP contribution in [0.2, 0.25) is 0 Å². The van der Waals surface area contributed by atoms with Gasteiger partial charge in [-0.15, -0.1) is 11.3 Å². The lowest BCUT2D eigenvalue weighted by Crippen LogP contribution is -2.26. The number of amides is 1. The highest BCUT2D eigenvalue weighted by Crippen LogP contribution is 2.22. The lowest BCUT2D eigenvalue weighted by molar-refractivity contribution is 0.0784. The fourth-order valence-electron chi connectivity index (χ4n) is 2.01. The molecule has 0 fully saturated rings. The fourth-order valence-corrected chi connectivity index (χ4v) is 3.40. The normalized spacial score (nSPS) is 10.8. The molecular formula is C15H12BrN3OS. The fraction of sp³-hybridized carbons (Fsp3) is 0.133. The smallest absolute Gasteiger partial charge is 0.255 e. The van der Waals surface area contributed by atoms with Crippen LogP contribution in [-0.4, -0.2) is 27.8 Å². The summed E-state index contributed by atoms with van der Waals surface area (Å²) in [5, 5.41) is 0.926. The molecule has 4 nitrogen and oxygen atoms in total. The van der Waals surface area contributed by atoms with Crippen molar-refractivity contribution in [1.82, 2.24) is 14.9 Å². The summed E-state index contributed by atoms with van der Waals surface area (Å²) in [4.78, 5) is 22.6. The van der Waals surface area contributed by atoms with E-state index in [0.717, 1.165) is 19.7 Å². The molecule has 0 unspecified atom stereocenters. The lowest BCUT2D eigenvalue weighted by atomic mass is 10.2. The Hall–Kier alpha value is -1.79. The number of carbonyl (C=O) groups excluding carboxylic acids is 1. The van der Waals surface area contributed by atoms with Gasteiger partial charge in [-0.2, -0.15) is 0 Å². The highest BCUT2D eigenvalue weighted by molar-refractivity contribution is 9.10. The molecule has 0 spiro atoms. The van der Waals surface area contributed by atoms with Crippen molar-refractivity contribution in [3.63, 3.8) is 0 Å². The van der Waals surface area contributed by atoms with E-state index in [9.17, 15) is 4.79 Å². The molecule has 3 rings (SSSR count). The molecule has 0 radical (unpaired) electrons. The molecule has 0 saturated heterocycles. The number of hydrogen-bond acceptors (Lipinski definition) is 4. The minimum absolute atomic E-state index is 0.0666. The molecule has 2 heterocycles. The minimum Gasteiger partial charge on any atom is -0.335 e. The van der Waals surface area contributed by atoms with Crippen LogP contribution in [0.15, 0.2) is 47.2 Å². The standard InChI is InChI=1S/C15H12BrN3OS/c1-19(15(20)10-6-11(16)8-17-7-10)9-14-18-12-4-2-3-5-13(12)21-14/h2-8H,9H2,1H3. The molecule has 0 aliphatic heterocycles. The van der Waals surface area contributed by atoms with Gasteiger partial charge in [-0.1, -0.05) is 12.1 Å². The summed E-state index contributed by atoms with van der Waals surface area (Å²) in [5.74, 6) is -0.0666. The van der Waals surface area contributed by atoms with Crippen molar-refractivity contribution in [3.8, 4) is 0 Å². The first-order chi connectivity index (χ1) is 10.1. The molecule has 2 aromatic heterocycles. The summed E-state index contributed by atoms with van der Waals surface area (Å²) in [7, 11) is 1.77. The van der Waals surface area contributed by atoms with Gasteiger partial charge in [0.1, 0.15) is 5.01 Å². The van der Waals surface area contributed by atoms with Gasteiger partial charge in [0.25, 0.3) is 5.91 Å². The number of nitrogens with zero attached hydrogens (tertiary/aromatic N) is 3. The zero-order valence-electron chi connectivity index (χ0n) is 11.3. The maximum atomic E-state index is 12.4. The van der Waals surface area contributed by atoms with E-state index in [1.54, 1.807) is 41.7 Å². The SMILES string of the molecule is CN(Cc1nc2ccccc2s1)C(=O)c1cncc(Br)c1. The molecule has 0 aliphatic rings. The first-order valence-electron chi connectivity index (χ1n) is 6.34. The first kappa shape index (κ1) is 14.2. The third-order valence-electron chi connectivity index (χ3n) is 3.01. The summed E-state index contributed by atoms with van der Waals surface area (Å²) in [6, 6.07) is 9.75. The van der Waals surface area contributed by atoms with Gasteiger partial charge >= 0.3 is 0 Å². The maximum Gasteiger partial charge on any atom is 0.255 e. The van der Waals surface area contributed by atoms with E-state index in [4.69, 9.17) is 0 Å². The van der Waals surface area contributed by atoms with Gasteiger partial charge in [0.15, 0.2) is 0 Å². The van der Waals surface area contributed by atoms with Crippen LogP contribution in [-0.2, 0) is 6.54 Å². The Balaban J connectivity index is 1.79. The number of rotatable bonds is 3. The van der Waals surface area contributed by atoms with E-state index in [0.29, 0.717) is 12.1 Å². The van der Waals surface area contributed by atoms with Crippen molar-refractivity contribution in [2.24, 2.45) is 0 Å². The van der Waals surface area contributed by atoms with Crippen molar-refractivity contribution in [2.45, 2.75) is 6.54 Å². The second kappa shape index (κ2) is 5.91. The topological polar surface area (TPSA) is 46.1 Å². The molecule has 0 atom stereocenters. The van der Waals surface area contributed by atoms with Crippen LogP contribution in [0.1, 0.15) is 15.4 Å². The lowest BCUT2D eigenvalue weighted by Gasteiger charge is -2.15. The van der Waals surface area contributed by atoms with Crippen molar-refractivity contribution >= 4 is 43.4 Å². The molecule has 0 N–H and O–H groups in total. The second-order valence-electron chi connectivity index (χ2n) is 4.63. The van der Waals surface area contributed by atoms with Crippen molar-refractivity contribution in [1.29, 1.82) is 0 Å². The van der Waals surface area contributed by atoms with Gasteiger partial charge in [0, 0.05) is 23.9 Å². The number of aromatic nitrogens is 2. The van der Waals surface area contributed by atoms with Crippen LogP contribution < -0.4 is 0 Å². The highest BCUT2D eigenvalue weighted by Gasteiger charge is 2.14. The number of benzene rings is 1. The van der Waals surface area contributed by atoms with Crippen LogP contribution in [0, 0.1) is 0 Å². The van der Waals surface area contributed by atoms with Gasteiger partial charge in [-0.3, -0.25) is 9.78 Å². The van der Waals surface area contributed by atoms with Gasteiger partial charge < -0.3 is 4.90 Å². The van der Waals surface area contributed by atoms with Crippen LogP contribution >= 0.6 is 27.3 Å². The van der Waals surface area contributed by atoms with Crippen molar-refractivity contribution in [3.05, 3.63) is 57.8 Å². The van der Waals surface area contributed by atoms with Crippen LogP contribution in [0.3, 0.4) is 0 Å². The predicted molar refractivity (Wildman–Crippen MR) is 87.4 cm³/mol. The predicted octanol–water partition coefficient (Wildman–Crippen LogP) is 3.73. The number of fused-ring (bicyclic) bond motifs is 1. The molecule has 0 aliphatic carbocycles. The number of halogens is 1. The Labute approximate surface area is 134 Å². The Kier molecular flexibility index (Phi) is 3.98. The van der Waals surface area contributed by atoms with Gasteiger partial charge in [-0.25, -0.2) is 4.98 Å². The number of thiazole rings is 1. The Morgan fingerprint density at radius 2 is 2.14 bits per heavy atom. The van der Waals surface area contributed by atoms with Crippen LogP contribution in [0.4, 0.5) is 0 Å².